The van der Waals surface area contributed by atoms with E-state index in [2.05, 4.69) is 22.5 Å². The molecular weight excluding hydrogens is 352 g/mol. The molecule has 0 atom stereocenters. The molecule has 0 fully saturated rings. The van der Waals surface area contributed by atoms with Crippen LogP contribution in [-0.2, 0) is 0 Å². The maximum absolute atomic E-state index is 5.39. The first-order valence-electron chi connectivity index (χ1n) is 9.41. The van der Waals surface area contributed by atoms with Crippen LogP contribution in [0.2, 0.25) is 0 Å². The van der Waals surface area contributed by atoms with Crippen molar-refractivity contribution >= 4 is 17.3 Å². The lowest BCUT2D eigenvalue weighted by Crippen LogP contribution is -2.06. The highest BCUT2D eigenvalue weighted by Gasteiger charge is 2.09. The number of unbranched alkanes of at least 4 members (excludes halogenated alkanes) is 1. The summed E-state index contributed by atoms with van der Waals surface area (Å²) in [5.41, 5.74) is 1.83. The number of hydrogen-bond donors (Lipinski definition) is 2. The Morgan fingerprint density at radius 1 is 0.857 bits per heavy atom. The molecule has 2 N–H and O–H groups in total. The minimum Gasteiger partial charge on any atom is -0.493 e. The number of nitrogens with one attached hydrogen (secondary N) is 2. The van der Waals surface area contributed by atoms with E-state index in [4.69, 9.17) is 14.5 Å². The van der Waals surface area contributed by atoms with Crippen LogP contribution < -0.4 is 20.1 Å². The first kappa shape index (κ1) is 19.5. The third kappa shape index (κ3) is 4.91. The van der Waals surface area contributed by atoms with E-state index in [0.29, 0.717) is 23.1 Å². The standard InChI is InChI=1S/C22H26N4O2/c1-4-5-13-23-20-15-21(26-22(25-20)16-9-7-6-8-10-16)24-17-11-12-18(27-2)19(14-17)28-3/h6-12,14-15H,4-5,13H2,1-3H3,(H2,23,24,25,26). The maximum Gasteiger partial charge on any atom is 0.163 e. The lowest BCUT2D eigenvalue weighted by molar-refractivity contribution is 0.355. The van der Waals surface area contributed by atoms with Gasteiger partial charge in [-0.2, -0.15) is 0 Å². The highest BCUT2D eigenvalue weighted by Crippen LogP contribution is 2.31. The number of hydrogen-bond acceptors (Lipinski definition) is 6. The van der Waals surface area contributed by atoms with Gasteiger partial charge in [0.1, 0.15) is 11.6 Å². The molecule has 3 aromatic rings. The monoisotopic (exact) mass is 378 g/mol. The number of benzene rings is 2. The normalized spacial score (nSPS) is 10.4. The Morgan fingerprint density at radius 3 is 2.32 bits per heavy atom. The summed E-state index contributed by atoms with van der Waals surface area (Å²) in [5, 5.41) is 6.73. The average Bonchev–Trinajstić information content (AvgIpc) is 2.74. The third-order valence-corrected chi connectivity index (χ3v) is 4.25. The van der Waals surface area contributed by atoms with Crippen LogP contribution in [0.25, 0.3) is 11.4 Å². The van der Waals surface area contributed by atoms with Crippen molar-refractivity contribution in [1.82, 2.24) is 9.97 Å². The molecule has 6 nitrogen and oxygen atoms in total. The number of methoxy groups -OCH3 is 2. The second kappa shape index (κ2) is 9.60. The molecule has 2 aromatic carbocycles. The molecule has 28 heavy (non-hydrogen) atoms. The van der Waals surface area contributed by atoms with Gasteiger partial charge in [-0.1, -0.05) is 43.7 Å². The lowest BCUT2D eigenvalue weighted by atomic mass is 10.2. The lowest BCUT2D eigenvalue weighted by Gasteiger charge is -2.13. The summed E-state index contributed by atoms with van der Waals surface area (Å²) >= 11 is 0. The van der Waals surface area contributed by atoms with Gasteiger partial charge in [-0.15, -0.1) is 0 Å². The molecule has 0 saturated carbocycles. The van der Waals surface area contributed by atoms with Crippen molar-refractivity contribution in [3.05, 3.63) is 54.6 Å². The number of aromatic nitrogens is 2. The fourth-order valence-electron chi connectivity index (χ4n) is 2.77. The van der Waals surface area contributed by atoms with Crippen LogP contribution in [-0.4, -0.2) is 30.7 Å². The Bertz CT molecular complexity index is 900. The average molecular weight is 378 g/mol. The van der Waals surface area contributed by atoms with E-state index in [0.717, 1.165) is 36.5 Å². The van der Waals surface area contributed by atoms with Crippen molar-refractivity contribution < 1.29 is 9.47 Å². The Hall–Kier alpha value is -3.28. The van der Waals surface area contributed by atoms with Crippen molar-refractivity contribution in [2.75, 3.05) is 31.4 Å². The first-order chi connectivity index (χ1) is 13.7. The number of rotatable bonds is 9. The van der Waals surface area contributed by atoms with Gasteiger partial charge in [-0.25, -0.2) is 9.97 Å². The second-order valence-electron chi connectivity index (χ2n) is 6.30. The zero-order valence-electron chi connectivity index (χ0n) is 16.5. The molecule has 0 spiro atoms. The van der Waals surface area contributed by atoms with Crippen molar-refractivity contribution in [2.45, 2.75) is 19.8 Å². The van der Waals surface area contributed by atoms with E-state index >= 15 is 0 Å². The number of anilines is 3. The molecule has 1 heterocycles. The Kier molecular flexibility index (Phi) is 6.68. The zero-order valence-corrected chi connectivity index (χ0v) is 16.5. The van der Waals surface area contributed by atoms with Gasteiger partial charge in [0, 0.05) is 29.9 Å². The van der Waals surface area contributed by atoms with Gasteiger partial charge in [-0.05, 0) is 18.6 Å². The molecule has 0 radical (unpaired) electrons. The van der Waals surface area contributed by atoms with Gasteiger partial charge in [0.05, 0.1) is 14.2 Å². The van der Waals surface area contributed by atoms with E-state index in [1.165, 1.54) is 0 Å². The van der Waals surface area contributed by atoms with Gasteiger partial charge in [0.2, 0.25) is 0 Å². The van der Waals surface area contributed by atoms with Crippen LogP contribution >= 0.6 is 0 Å². The number of ether oxygens (including phenoxy) is 2. The van der Waals surface area contributed by atoms with Crippen LogP contribution in [0.3, 0.4) is 0 Å². The van der Waals surface area contributed by atoms with Crippen LogP contribution in [0, 0.1) is 0 Å². The second-order valence-corrected chi connectivity index (χ2v) is 6.30. The molecular formula is C22H26N4O2. The summed E-state index contributed by atoms with van der Waals surface area (Å²) in [4.78, 5) is 9.36. The predicted octanol–water partition coefficient (Wildman–Crippen LogP) is 5.12. The quantitative estimate of drug-likeness (QED) is 0.504. The Labute approximate surface area is 166 Å². The molecule has 1 aromatic heterocycles. The smallest absolute Gasteiger partial charge is 0.163 e. The van der Waals surface area contributed by atoms with E-state index in [-0.39, 0.29) is 0 Å². The van der Waals surface area contributed by atoms with Gasteiger partial charge in [-0.3, -0.25) is 0 Å². The van der Waals surface area contributed by atoms with E-state index in [1.807, 2.05) is 54.6 Å². The summed E-state index contributed by atoms with van der Waals surface area (Å²) in [6.45, 7) is 3.04. The highest BCUT2D eigenvalue weighted by atomic mass is 16.5. The van der Waals surface area contributed by atoms with E-state index in [1.54, 1.807) is 14.2 Å². The SMILES string of the molecule is CCCCNc1cc(Nc2ccc(OC)c(OC)c2)nc(-c2ccccc2)n1. The minimum absolute atomic E-state index is 0.658. The minimum atomic E-state index is 0.658. The molecule has 0 amide bonds. The van der Waals surface area contributed by atoms with Crippen LogP contribution in [0.4, 0.5) is 17.3 Å². The van der Waals surface area contributed by atoms with Crippen molar-refractivity contribution in [1.29, 1.82) is 0 Å². The molecule has 0 aliphatic heterocycles. The predicted molar refractivity (Wildman–Crippen MR) is 114 cm³/mol. The number of nitrogens with zero attached hydrogens (tertiary/aromatic N) is 2. The topological polar surface area (TPSA) is 68.3 Å². The van der Waals surface area contributed by atoms with Gasteiger partial charge in [0.15, 0.2) is 17.3 Å². The van der Waals surface area contributed by atoms with Crippen molar-refractivity contribution in [2.24, 2.45) is 0 Å². The van der Waals surface area contributed by atoms with E-state index < -0.39 is 0 Å². The molecule has 0 saturated heterocycles. The largest absolute Gasteiger partial charge is 0.493 e. The molecule has 3 rings (SSSR count). The van der Waals surface area contributed by atoms with Gasteiger partial charge < -0.3 is 20.1 Å². The first-order valence-corrected chi connectivity index (χ1v) is 9.41. The maximum atomic E-state index is 5.39. The van der Waals surface area contributed by atoms with Crippen molar-refractivity contribution in [3.63, 3.8) is 0 Å². The fraction of sp³-hybridized carbons (Fsp3) is 0.273. The van der Waals surface area contributed by atoms with Gasteiger partial charge >= 0.3 is 0 Å². The summed E-state index contributed by atoms with van der Waals surface area (Å²) in [5.74, 6) is 3.52. The Morgan fingerprint density at radius 2 is 1.61 bits per heavy atom. The van der Waals surface area contributed by atoms with Gasteiger partial charge in [0.25, 0.3) is 0 Å². The molecule has 0 bridgehead atoms. The molecule has 0 unspecified atom stereocenters. The highest BCUT2D eigenvalue weighted by molar-refractivity contribution is 5.66. The summed E-state index contributed by atoms with van der Waals surface area (Å²) in [6, 6.07) is 17.5. The van der Waals surface area contributed by atoms with Crippen LogP contribution in [0.1, 0.15) is 19.8 Å². The van der Waals surface area contributed by atoms with Crippen molar-refractivity contribution in [3.8, 4) is 22.9 Å². The van der Waals surface area contributed by atoms with Crippen LogP contribution in [0.15, 0.2) is 54.6 Å². The molecule has 0 aliphatic carbocycles. The molecule has 146 valence electrons. The Balaban J connectivity index is 1.91. The fourth-order valence-corrected chi connectivity index (χ4v) is 2.77. The summed E-state index contributed by atoms with van der Waals surface area (Å²) < 4.78 is 10.7. The van der Waals surface area contributed by atoms with Crippen LogP contribution in [0.5, 0.6) is 11.5 Å². The molecule has 0 aliphatic rings. The summed E-state index contributed by atoms with van der Waals surface area (Å²) in [6.07, 6.45) is 2.21. The summed E-state index contributed by atoms with van der Waals surface area (Å²) in [7, 11) is 3.24. The molecule has 6 heteroatoms. The third-order valence-electron chi connectivity index (χ3n) is 4.25. The zero-order chi connectivity index (χ0) is 19.8. The van der Waals surface area contributed by atoms with E-state index in [9.17, 15) is 0 Å².